The zero-order valence-corrected chi connectivity index (χ0v) is 18.6. The molecule has 0 atom stereocenters. The van der Waals surface area contributed by atoms with Gasteiger partial charge in [0.2, 0.25) is 11.8 Å². The van der Waals surface area contributed by atoms with Crippen LogP contribution in [0.15, 0.2) is 124 Å². The van der Waals surface area contributed by atoms with Gasteiger partial charge in [0.1, 0.15) is 11.4 Å². The topological polar surface area (TPSA) is 72.3 Å². The van der Waals surface area contributed by atoms with Crippen LogP contribution in [-0.4, -0.2) is 15.1 Å². The lowest BCUT2D eigenvalue weighted by Crippen LogP contribution is -1.84. The number of phenols is 1. The zero-order chi connectivity index (χ0) is 23.6. The number of hydrogen-bond acceptors (Lipinski definition) is 5. The average Bonchev–Trinajstić information content (AvgIpc) is 3.56. The van der Waals surface area contributed by atoms with Gasteiger partial charge in [0.05, 0.1) is 0 Å². The van der Waals surface area contributed by atoms with Crippen LogP contribution in [0.3, 0.4) is 0 Å². The van der Waals surface area contributed by atoms with E-state index in [1.807, 2.05) is 97.1 Å². The molecular formula is C30H20N2O3. The minimum atomic E-state index is 0.133. The third-order valence-electron chi connectivity index (χ3n) is 5.67. The molecule has 0 aliphatic rings. The lowest BCUT2D eigenvalue weighted by atomic mass is 10.1. The molecule has 5 nitrogen and oxygen atoms in total. The van der Waals surface area contributed by atoms with Crippen LogP contribution in [0.5, 0.6) is 5.75 Å². The van der Waals surface area contributed by atoms with Crippen molar-refractivity contribution in [3.8, 4) is 62.7 Å². The molecule has 0 amide bonds. The zero-order valence-electron chi connectivity index (χ0n) is 18.6. The molecule has 6 aromatic rings. The largest absolute Gasteiger partial charge is 0.508 e. The fourth-order valence-electron chi connectivity index (χ4n) is 4.01. The standard InChI is InChI=1S/C30H20N2O3/c33-24-18-10-17-23(19-24)28-26(32-29(34-28)22-15-8-3-9-16-22)30-31-25(20-11-4-1-5-12-20)27(35-30)21-13-6-2-7-14-21/h1-19,33H. The monoisotopic (exact) mass is 456 g/mol. The van der Waals surface area contributed by atoms with Gasteiger partial charge < -0.3 is 13.9 Å². The van der Waals surface area contributed by atoms with Gasteiger partial charge in [-0.1, -0.05) is 91.0 Å². The summed E-state index contributed by atoms with van der Waals surface area (Å²) in [4.78, 5) is 9.68. The predicted octanol–water partition coefficient (Wildman–Crippen LogP) is 7.70. The molecule has 0 aliphatic heterocycles. The summed E-state index contributed by atoms with van der Waals surface area (Å²) in [5.74, 6) is 2.04. The molecule has 0 unspecified atom stereocenters. The van der Waals surface area contributed by atoms with Crippen LogP contribution in [0.2, 0.25) is 0 Å². The van der Waals surface area contributed by atoms with Crippen molar-refractivity contribution in [3.63, 3.8) is 0 Å². The highest BCUT2D eigenvalue weighted by Crippen LogP contribution is 2.41. The van der Waals surface area contributed by atoms with Gasteiger partial charge in [0, 0.05) is 22.3 Å². The summed E-state index contributed by atoms with van der Waals surface area (Å²) in [5, 5.41) is 10.1. The highest BCUT2D eigenvalue weighted by atomic mass is 16.4. The summed E-state index contributed by atoms with van der Waals surface area (Å²) >= 11 is 0. The van der Waals surface area contributed by atoms with Gasteiger partial charge in [-0.2, -0.15) is 0 Å². The first-order valence-corrected chi connectivity index (χ1v) is 11.2. The quantitative estimate of drug-likeness (QED) is 0.288. The Hall–Kier alpha value is -4.90. The third-order valence-corrected chi connectivity index (χ3v) is 5.67. The number of rotatable bonds is 5. The van der Waals surface area contributed by atoms with Crippen LogP contribution in [-0.2, 0) is 0 Å². The van der Waals surface area contributed by atoms with E-state index in [2.05, 4.69) is 0 Å². The maximum atomic E-state index is 10.1. The molecule has 0 saturated carbocycles. The molecular weight excluding hydrogens is 436 g/mol. The Morgan fingerprint density at radius 2 is 0.971 bits per heavy atom. The van der Waals surface area contributed by atoms with Crippen LogP contribution in [0, 0.1) is 0 Å². The van der Waals surface area contributed by atoms with E-state index in [4.69, 9.17) is 18.8 Å². The van der Waals surface area contributed by atoms with Gasteiger partial charge in [-0.15, -0.1) is 0 Å². The van der Waals surface area contributed by atoms with Gasteiger partial charge in [-0.25, -0.2) is 9.97 Å². The highest BCUT2D eigenvalue weighted by Gasteiger charge is 2.25. The molecule has 0 spiro atoms. The Morgan fingerprint density at radius 1 is 0.457 bits per heavy atom. The molecule has 1 N–H and O–H groups in total. The molecule has 2 aromatic heterocycles. The number of hydrogen-bond donors (Lipinski definition) is 1. The number of aromatic hydroxyl groups is 1. The Labute approximate surface area is 202 Å². The van der Waals surface area contributed by atoms with E-state index in [1.165, 1.54) is 0 Å². The number of oxazole rings is 2. The smallest absolute Gasteiger partial charge is 0.250 e. The Kier molecular flexibility index (Phi) is 5.20. The molecule has 6 rings (SSSR count). The molecule has 0 fully saturated rings. The SMILES string of the molecule is Oc1cccc(-c2oc(-c3ccccc3)nc2-c2nc(-c3ccccc3)c(-c3ccccc3)o2)c1. The van der Waals surface area contributed by atoms with E-state index < -0.39 is 0 Å². The van der Waals surface area contributed by atoms with Crippen molar-refractivity contribution >= 4 is 0 Å². The van der Waals surface area contributed by atoms with E-state index in [-0.39, 0.29) is 5.75 Å². The minimum Gasteiger partial charge on any atom is -0.508 e. The normalized spacial score (nSPS) is 11.0. The Balaban J connectivity index is 1.58. The van der Waals surface area contributed by atoms with Crippen molar-refractivity contribution in [2.24, 2.45) is 0 Å². The van der Waals surface area contributed by atoms with Crippen molar-refractivity contribution in [2.75, 3.05) is 0 Å². The summed E-state index contributed by atoms with van der Waals surface area (Å²) in [6.07, 6.45) is 0. The van der Waals surface area contributed by atoms with E-state index in [1.54, 1.807) is 18.2 Å². The first-order chi connectivity index (χ1) is 17.3. The molecule has 0 radical (unpaired) electrons. The highest BCUT2D eigenvalue weighted by molar-refractivity contribution is 5.82. The molecule has 35 heavy (non-hydrogen) atoms. The summed E-state index contributed by atoms with van der Waals surface area (Å²) in [7, 11) is 0. The first-order valence-electron chi connectivity index (χ1n) is 11.2. The van der Waals surface area contributed by atoms with Crippen molar-refractivity contribution < 1.29 is 13.9 Å². The van der Waals surface area contributed by atoms with E-state index >= 15 is 0 Å². The summed E-state index contributed by atoms with van der Waals surface area (Å²) < 4.78 is 12.6. The van der Waals surface area contributed by atoms with Crippen molar-refractivity contribution in [1.82, 2.24) is 9.97 Å². The third kappa shape index (κ3) is 4.00. The second-order valence-corrected chi connectivity index (χ2v) is 8.04. The molecule has 0 saturated heterocycles. The molecule has 168 valence electrons. The van der Waals surface area contributed by atoms with Crippen LogP contribution >= 0.6 is 0 Å². The maximum Gasteiger partial charge on any atom is 0.250 e. The Bertz CT molecular complexity index is 1530. The fraction of sp³-hybridized carbons (Fsp3) is 0. The molecule has 5 heteroatoms. The summed E-state index contributed by atoms with van der Waals surface area (Å²) in [5.41, 5.74) is 4.54. The number of aromatic nitrogens is 2. The van der Waals surface area contributed by atoms with Crippen molar-refractivity contribution in [1.29, 1.82) is 0 Å². The number of benzene rings is 4. The number of nitrogens with zero attached hydrogens (tertiary/aromatic N) is 2. The number of phenolic OH excluding ortho intramolecular Hbond substituents is 1. The lowest BCUT2D eigenvalue weighted by molar-refractivity contribution is 0.475. The lowest BCUT2D eigenvalue weighted by Gasteiger charge is -2.00. The Morgan fingerprint density at radius 3 is 1.63 bits per heavy atom. The predicted molar refractivity (Wildman–Crippen MR) is 135 cm³/mol. The fourth-order valence-corrected chi connectivity index (χ4v) is 4.01. The van der Waals surface area contributed by atoms with Crippen LogP contribution in [0.1, 0.15) is 0 Å². The van der Waals surface area contributed by atoms with Crippen LogP contribution in [0.25, 0.3) is 56.9 Å². The molecule has 0 aliphatic carbocycles. The van der Waals surface area contributed by atoms with E-state index in [9.17, 15) is 5.11 Å². The average molecular weight is 457 g/mol. The second kappa shape index (κ2) is 8.80. The molecule has 0 bridgehead atoms. The van der Waals surface area contributed by atoms with Crippen molar-refractivity contribution in [2.45, 2.75) is 0 Å². The molecule has 4 aromatic carbocycles. The summed E-state index contributed by atoms with van der Waals surface area (Å²) in [6, 6.07) is 36.3. The van der Waals surface area contributed by atoms with Crippen LogP contribution in [0.4, 0.5) is 0 Å². The van der Waals surface area contributed by atoms with E-state index in [0.717, 1.165) is 22.4 Å². The maximum absolute atomic E-state index is 10.1. The van der Waals surface area contributed by atoms with Gasteiger partial charge in [-0.3, -0.25) is 0 Å². The summed E-state index contributed by atoms with van der Waals surface area (Å²) in [6.45, 7) is 0. The second-order valence-electron chi connectivity index (χ2n) is 8.04. The first kappa shape index (κ1) is 20.7. The van der Waals surface area contributed by atoms with Crippen LogP contribution < -0.4 is 0 Å². The van der Waals surface area contributed by atoms with Gasteiger partial charge in [-0.05, 0) is 24.3 Å². The van der Waals surface area contributed by atoms with E-state index in [0.29, 0.717) is 34.6 Å². The van der Waals surface area contributed by atoms with Gasteiger partial charge in [0.25, 0.3) is 0 Å². The van der Waals surface area contributed by atoms with Gasteiger partial charge in [0.15, 0.2) is 17.2 Å². The minimum absolute atomic E-state index is 0.133. The van der Waals surface area contributed by atoms with Crippen molar-refractivity contribution in [3.05, 3.63) is 115 Å². The van der Waals surface area contributed by atoms with Gasteiger partial charge >= 0.3 is 0 Å². The molecule has 2 heterocycles.